The standard InChI is InChI=1S/C25H21Cl2NO5S/c1-12-7-8-13(2)16(10-12)28-20(17-6-5-9-34-17)18(22(30)25(28)31)21(29)14-11-15(26)24(33-4)19(27)23(14)32-3/h5-11,20,29H,1-4H3/b21-18-. The van der Waals surface area contributed by atoms with Gasteiger partial charge in [0.25, 0.3) is 11.7 Å². The predicted octanol–water partition coefficient (Wildman–Crippen LogP) is 6.32. The Balaban J connectivity index is 2.02. The number of halogens is 2. The largest absolute Gasteiger partial charge is 0.507 e. The SMILES string of the molecule is COc1c(Cl)cc(/C(O)=C2/C(=O)C(=O)N(c3cc(C)ccc3C)C2c2cccs2)c(OC)c1Cl. The third kappa shape index (κ3) is 3.83. The van der Waals surface area contributed by atoms with Gasteiger partial charge < -0.3 is 14.6 Å². The van der Waals surface area contributed by atoms with Crippen LogP contribution in [0.25, 0.3) is 5.76 Å². The minimum Gasteiger partial charge on any atom is -0.507 e. The van der Waals surface area contributed by atoms with Crippen molar-refractivity contribution in [2.24, 2.45) is 0 Å². The highest BCUT2D eigenvalue weighted by Gasteiger charge is 2.48. The van der Waals surface area contributed by atoms with Gasteiger partial charge in [0, 0.05) is 10.6 Å². The Bertz CT molecular complexity index is 1330. The molecular formula is C25H21Cl2NO5S. The molecule has 0 radical (unpaired) electrons. The second kappa shape index (κ2) is 9.33. The summed E-state index contributed by atoms with van der Waals surface area (Å²) in [7, 11) is 2.77. The summed E-state index contributed by atoms with van der Waals surface area (Å²) in [6.07, 6.45) is 0. The quantitative estimate of drug-likeness (QED) is 0.243. The Kier molecular flexibility index (Phi) is 6.62. The number of amides is 1. The summed E-state index contributed by atoms with van der Waals surface area (Å²) >= 11 is 14.1. The highest BCUT2D eigenvalue weighted by Crippen LogP contribution is 2.49. The molecule has 1 fully saturated rings. The highest BCUT2D eigenvalue weighted by molar-refractivity contribution is 7.10. The number of ether oxygens (including phenoxy) is 2. The Labute approximate surface area is 210 Å². The molecule has 1 atom stereocenters. The molecule has 1 unspecified atom stereocenters. The first kappa shape index (κ1) is 24.1. The molecule has 0 spiro atoms. The van der Waals surface area contributed by atoms with Gasteiger partial charge in [-0.1, -0.05) is 41.4 Å². The lowest BCUT2D eigenvalue weighted by Crippen LogP contribution is -2.29. The number of carbonyl (C=O) groups is 2. The number of carbonyl (C=O) groups excluding carboxylic acids is 2. The summed E-state index contributed by atoms with van der Waals surface area (Å²) in [6.45, 7) is 3.78. The summed E-state index contributed by atoms with van der Waals surface area (Å²) in [5, 5.41) is 13.4. The number of hydrogen-bond donors (Lipinski definition) is 1. The minimum atomic E-state index is -0.843. The van der Waals surface area contributed by atoms with Crippen molar-refractivity contribution in [3.05, 3.63) is 79.0 Å². The predicted molar refractivity (Wildman–Crippen MR) is 135 cm³/mol. The van der Waals surface area contributed by atoms with Gasteiger partial charge in [-0.05, 0) is 48.6 Å². The summed E-state index contributed by atoms with van der Waals surface area (Å²) < 4.78 is 10.6. The van der Waals surface area contributed by atoms with Crippen LogP contribution in [-0.2, 0) is 9.59 Å². The molecule has 1 amide bonds. The first-order chi connectivity index (χ1) is 16.2. The van der Waals surface area contributed by atoms with Gasteiger partial charge in [-0.2, -0.15) is 0 Å². The number of Topliss-reactive ketones (excluding diaryl/α,β-unsaturated/α-hetero) is 1. The van der Waals surface area contributed by atoms with E-state index in [2.05, 4.69) is 0 Å². The summed E-state index contributed by atoms with van der Waals surface area (Å²) in [5.41, 5.74) is 2.35. The fourth-order valence-corrected chi connectivity index (χ4v) is 5.58. The van der Waals surface area contributed by atoms with Crippen LogP contribution in [0.2, 0.25) is 10.0 Å². The zero-order chi connectivity index (χ0) is 24.7. The topological polar surface area (TPSA) is 76.1 Å². The van der Waals surface area contributed by atoms with E-state index < -0.39 is 23.5 Å². The van der Waals surface area contributed by atoms with E-state index >= 15 is 0 Å². The number of benzene rings is 2. The number of nitrogens with zero attached hydrogens (tertiary/aromatic N) is 1. The third-order valence-electron chi connectivity index (χ3n) is 5.68. The van der Waals surface area contributed by atoms with Crippen molar-refractivity contribution in [3.8, 4) is 11.5 Å². The van der Waals surface area contributed by atoms with Crippen LogP contribution in [-0.4, -0.2) is 31.0 Å². The van der Waals surface area contributed by atoms with E-state index in [9.17, 15) is 14.7 Å². The number of methoxy groups -OCH3 is 2. The molecule has 2 heterocycles. The van der Waals surface area contributed by atoms with Crippen molar-refractivity contribution in [3.63, 3.8) is 0 Å². The highest BCUT2D eigenvalue weighted by atomic mass is 35.5. The van der Waals surface area contributed by atoms with Gasteiger partial charge in [-0.25, -0.2) is 0 Å². The minimum absolute atomic E-state index is 0.0375. The van der Waals surface area contributed by atoms with E-state index in [1.807, 2.05) is 49.6 Å². The van der Waals surface area contributed by atoms with Crippen LogP contribution in [0.5, 0.6) is 11.5 Å². The van der Waals surface area contributed by atoms with Crippen molar-refractivity contribution in [2.45, 2.75) is 19.9 Å². The Hall–Kier alpha value is -3.00. The second-order valence-electron chi connectivity index (χ2n) is 7.76. The van der Waals surface area contributed by atoms with Gasteiger partial charge >= 0.3 is 0 Å². The molecule has 1 aromatic heterocycles. The van der Waals surface area contributed by atoms with Gasteiger partial charge in [0.2, 0.25) is 0 Å². The maximum atomic E-state index is 13.4. The smallest absolute Gasteiger partial charge is 0.300 e. The van der Waals surface area contributed by atoms with Crippen LogP contribution in [0.1, 0.15) is 27.6 Å². The number of ketones is 1. The van der Waals surface area contributed by atoms with E-state index in [4.69, 9.17) is 32.7 Å². The first-order valence-corrected chi connectivity index (χ1v) is 11.9. The van der Waals surface area contributed by atoms with E-state index in [1.54, 1.807) is 0 Å². The van der Waals surface area contributed by atoms with Crippen LogP contribution in [0.4, 0.5) is 5.69 Å². The van der Waals surface area contributed by atoms with E-state index in [-0.39, 0.29) is 32.7 Å². The van der Waals surface area contributed by atoms with Crippen LogP contribution >= 0.6 is 34.5 Å². The molecular weight excluding hydrogens is 497 g/mol. The number of hydrogen-bond acceptors (Lipinski definition) is 6. The molecule has 34 heavy (non-hydrogen) atoms. The number of thiophene rings is 1. The number of rotatable bonds is 5. The Morgan fingerprint density at radius 2 is 1.76 bits per heavy atom. The number of aryl methyl sites for hydroxylation is 2. The van der Waals surface area contributed by atoms with Gasteiger partial charge in [0.05, 0.1) is 30.4 Å². The van der Waals surface area contributed by atoms with Gasteiger partial charge in [0.15, 0.2) is 11.5 Å². The molecule has 3 aromatic rings. The molecule has 0 saturated carbocycles. The molecule has 4 rings (SSSR count). The maximum absolute atomic E-state index is 13.4. The lowest BCUT2D eigenvalue weighted by atomic mass is 9.98. The molecule has 1 saturated heterocycles. The summed E-state index contributed by atoms with van der Waals surface area (Å²) in [6, 6.07) is 9.87. The molecule has 9 heteroatoms. The third-order valence-corrected chi connectivity index (χ3v) is 7.22. The zero-order valence-corrected chi connectivity index (χ0v) is 21.1. The van der Waals surface area contributed by atoms with Crippen LogP contribution in [0.3, 0.4) is 0 Å². The monoisotopic (exact) mass is 517 g/mol. The molecule has 1 aliphatic rings. The van der Waals surface area contributed by atoms with Crippen molar-refractivity contribution in [1.82, 2.24) is 0 Å². The molecule has 0 bridgehead atoms. The average Bonchev–Trinajstić information content (AvgIpc) is 3.42. The van der Waals surface area contributed by atoms with Gasteiger partial charge in [0.1, 0.15) is 16.8 Å². The molecule has 2 aromatic carbocycles. The normalized spacial score (nSPS) is 17.4. The molecule has 1 aliphatic heterocycles. The fraction of sp³-hybridized carbons (Fsp3) is 0.200. The van der Waals surface area contributed by atoms with Crippen LogP contribution < -0.4 is 14.4 Å². The summed E-state index contributed by atoms with van der Waals surface area (Å²) in [5.74, 6) is -1.75. The second-order valence-corrected chi connectivity index (χ2v) is 9.53. The Morgan fingerprint density at radius 3 is 2.38 bits per heavy atom. The number of aliphatic hydroxyl groups is 1. The van der Waals surface area contributed by atoms with Gasteiger partial charge in [-0.3, -0.25) is 14.5 Å². The van der Waals surface area contributed by atoms with Crippen molar-refractivity contribution in [1.29, 1.82) is 0 Å². The maximum Gasteiger partial charge on any atom is 0.300 e. The van der Waals surface area contributed by atoms with E-state index in [0.29, 0.717) is 10.6 Å². The number of anilines is 1. The lowest BCUT2D eigenvalue weighted by Gasteiger charge is -2.26. The number of aliphatic hydroxyl groups excluding tert-OH is 1. The van der Waals surface area contributed by atoms with E-state index in [1.165, 1.54) is 36.5 Å². The fourth-order valence-electron chi connectivity index (χ4n) is 4.07. The van der Waals surface area contributed by atoms with E-state index in [0.717, 1.165) is 11.1 Å². The molecule has 176 valence electrons. The van der Waals surface area contributed by atoms with Crippen LogP contribution in [0, 0.1) is 13.8 Å². The molecule has 1 N–H and O–H groups in total. The van der Waals surface area contributed by atoms with Gasteiger partial charge in [-0.15, -0.1) is 11.3 Å². The zero-order valence-electron chi connectivity index (χ0n) is 18.8. The van der Waals surface area contributed by atoms with Crippen molar-refractivity contribution >= 4 is 57.7 Å². The summed E-state index contributed by atoms with van der Waals surface area (Å²) in [4.78, 5) is 28.9. The van der Waals surface area contributed by atoms with Crippen LogP contribution in [0.15, 0.2) is 47.4 Å². The average molecular weight is 518 g/mol. The molecule has 0 aliphatic carbocycles. The molecule has 6 nitrogen and oxygen atoms in total. The lowest BCUT2D eigenvalue weighted by molar-refractivity contribution is -0.132. The van der Waals surface area contributed by atoms with Crippen molar-refractivity contribution in [2.75, 3.05) is 19.1 Å². The first-order valence-electron chi connectivity index (χ1n) is 10.2. The Morgan fingerprint density at radius 1 is 1.06 bits per heavy atom. The van der Waals surface area contributed by atoms with Crippen molar-refractivity contribution < 1.29 is 24.2 Å².